The lowest BCUT2D eigenvalue weighted by Crippen LogP contribution is -2.45. The number of anilines is 2. The first kappa shape index (κ1) is 32.6. The molecule has 0 aliphatic rings. The van der Waals surface area contributed by atoms with Crippen LogP contribution in [0.2, 0.25) is 0 Å². The van der Waals surface area contributed by atoms with Crippen molar-refractivity contribution < 1.29 is 38.1 Å². The van der Waals surface area contributed by atoms with Gasteiger partial charge in [-0.15, -0.1) is 0 Å². The Labute approximate surface area is 235 Å². The molecule has 0 aliphatic carbocycles. The van der Waals surface area contributed by atoms with Crippen LogP contribution in [0, 0.1) is 0 Å². The number of aromatic nitrogens is 4. The van der Waals surface area contributed by atoms with Crippen molar-refractivity contribution >= 4 is 67.6 Å². The zero-order valence-electron chi connectivity index (χ0n) is 22.0. The Morgan fingerprint density at radius 1 is 0.763 bits per heavy atom. The number of methoxy groups -OCH3 is 2. The molecule has 2 aromatic rings. The molecule has 0 spiro atoms. The van der Waals surface area contributed by atoms with Crippen LogP contribution in [0.25, 0.3) is 0 Å². The maximum absolute atomic E-state index is 12.6. The molecule has 0 atom stereocenters. The van der Waals surface area contributed by atoms with Gasteiger partial charge in [-0.1, -0.05) is 0 Å². The number of amides is 2. The van der Waals surface area contributed by atoms with Gasteiger partial charge in [0.25, 0.3) is 0 Å². The highest BCUT2D eigenvalue weighted by Crippen LogP contribution is 2.24. The molecule has 2 rings (SSSR count). The van der Waals surface area contributed by atoms with E-state index in [2.05, 4.69) is 61.3 Å². The Kier molecular flexibility index (Phi) is 11.5. The van der Waals surface area contributed by atoms with E-state index >= 15 is 0 Å². The van der Waals surface area contributed by atoms with Crippen molar-refractivity contribution in [2.75, 3.05) is 24.9 Å². The van der Waals surface area contributed by atoms with E-state index in [4.69, 9.17) is 15.2 Å². The Morgan fingerprint density at radius 3 is 1.58 bits per heavy atom. The van der Waals surface area contributed by atoms with Crippen LogP contribution in [-0.2, 0) is 18.9 Å². The summed E-state index contributed by atoms with van der Waals surface area (Å²) in [5.74, 6) is -1.78. The van der Waals surface area contributed by atoms with E-state index in [1.54, 1.807) is 41.5 Å². The SMILES string of the molecule is COC(=O)c1nc(Br)cnc1N.COC(=O)c1nc(Br)cnc1N(C(=O)OC(C)(C)C)C(=O)OC(C)(C)C. The van der Waals surface area contributed by atoms with Gasteiger partial charge in [0.15, 0.2) is 23.0 Å². The highest BCUT2D eigenvalue weighted by atomic mass is 79.9. The summed E-state index contributed by atoms with van der Waals surface area (Å²) >= 11 is 6.14. The number of imide groups is 1. The summed E-state index contributed by atoms with van der Waals surface area (Å²) in [6.45, 7) is 9.79. The largest absolute Gasteiger partial charge is 0.464 e. The van der Waals surface area contributed by atoms with Crippen LogP contribution >= 0.6 is 31.9 Å². The maximum atomic E-state index is 12.6. The second-order valence-electron chi connectivity index (χ2n) is 9.07. The molecular formula is C22H28Br2N6O8. The van der Waals surface area contributed by atoms with Gasteiger partial charge >= 0.3 is 24.1 Å². The Morgan fingerprint density at radius 2 is 1.16 bits per heavy atom. The molecule has 0 fully saturated rings. The molecule has 16 heteroatoms. The van der Waals surface area contributed by atoms with Gasteiger partial charge in [0.2, 0.25) is 0 Å². The standard InChI is InChI=1S/C16H22BrN3O6.C6H6BrN3O2/c1-15(2,3)25-13(22)20(14(23)26-16(4,5)6)11-10(12(21)24-7)19-9(17)8-18-11;1-12-6(11)4-5(8)9-2-3(7)10-4/h8H,1-7H3;2H,1H3,(H2,8,9). The van der Waals surface area contributed by atoms with Crippen molar-refractivity contribution in [2.24, 2.45) is 0 Å². The third-order valence-electron chi connectivity index (χ3n) is 3.62. The molecule has 2 amide bonds. The van der Waals surface area contributed by atoms with Crippen LogP contribution in [0.3, 0.4) is 0 Å². The lowest BCUT2D eigenvalue weighted by molar-refractivity contribution is 0.0427. The molecule has 38 heavy (non-hydrogen) atoms. The number of hydrogen-bond donors (Lipinski definition) is 1. The summed E-state index contributed by atoms with van der Waals surface area (Å²) in [5, 5.41) is 0. The fourth-order valence-corrected chi connectivity index (χ4v) is 2.80. The quantitative estimate of drug-likeness (QED) is 0.362. The number of rotatable bonds is 3. The molecule has 208 valence electrons. The van der Waals surface area contributed by atoms with E-state index in [9.17, 15) is 19.2 Å². The first-order chi connectivity index (χ1) is 17.4. The lowest BCUT2D eigenvalue weighted by Gasteiger charge is -2.28. The summed E-state index contributed by atoms with van der Waals surface area (Å²) < 4.78 is 20.2. The minimum atomic E-state index is -1.06. The van der Waals surface area contributed by atoms with Crippen molar-refractivity contribution in [1.82, 2.24) is 19.9 Å². The number of halogens is 2. The molecule has 0 bridgehead atoms. The lowest BCUT2D eigenvalue weighted by atomic mass is 10.2. The summed E-state index contributed by atoms with van der Waals surface area (Å²) in [4.78, 5) is 64.1. The molecule has 0 aromatic carbocycles. The summed E-state index contributed by atoms with van der Waals surface area (Å²) in [6, 6.07) is 0. The highest BCUT2D eigenvalue weighted by Gasteiger charge is 2.37. The van der Waals surface area contributed by atoms with Gasteiger partial charge in [-0.25, -0.2) is 39.1 Å². The van der Waals surface area contributed by atoms with Crippen molar-refractivity contribution in [1.29, 1.82) is 0 Å². The van der Waals surface area contributed by atoms with Crippen molar-refractivity contribution in [3.8, 4) is 0 Å². The number of nitrogens with two attached hydrogens (primary N) is 1. The number of nitrogen functional groups attached to an aromatic ring is 1. The Hall–Kier alpha value is -3.40. The molecule has 0 saturated heterocycles. The summed E-state index contributed by atoms with van der Waals surface area (Å²) in [5.41, 5.74) is 3.25. The van der Waals surface area contributed by atoms with E-state index in [1.165, 1.54) is 19.5 Å². The number of carbonyl (C=O) groups is 4. The zero-order valence-corrected chi connectivity index (χ0v) is 25.2. The van der Waals surface area contributed by atoms with Crippen molar-refractivity contribution in [2.45, 2.75) is 52.7 Å². The van der Waals surface area contributed by atoms with Crippen LogP contribution in [0.5, 0.6) is 0 Å². The number of nitrogens with zero attached hydrogens (tertiary/aromatic N) is 5. The number of hydrogen-bond acceptors (Lipinski definition) is 13. The third kappa shape index (κ3) is 10.2. The number of carbonyl (C=O) groups excluding carboxylic acids is 4. The zero-order chi connectivity index (χ0) is 29.4. The molecule has 2 aromatic heterocycles. The predicted octanol–water partition coefficient (Wildman–Crippen LogP) is 4.31. The molecule has 14 nitrogen and oxygen atoms in total. The third-order valence-corrected chi connectivity index (χ3v) is 4.38. The van der Waals surface area contributed by atoms with Gasteiger partial charge in [0.1, 0.15) is 20.4 Å². The van der Waals surface area contributed by atoms with Gasteiger partial charge in [-0.3, -0.25) is 0 Å². The first-order valence-corrected chi connectivity index (χ1v) is 12.2. The van der Waals surface area contributed by atoms with Gasteiger partial charge in [0, 0.05) is 0 Å². The second kappa shape index (κ2) is 13.4. The second-order valence-corrected chi connectivity index (χ2v) is 10.7. The van der Waals surface area contributed by atoms with E-state index in [0.29, 0.717) is 9.50 Å². The minimum Gasteiger partial charge on any atom is -0.464 e. The fraction of sp³-hybridized carbons (Fsp3) is 0.455. The van der Waals surface area contributed by atoms with Crippen LogP contribution in [-0.4, -0.2) is 69.5 Å². The van der Waals surface area contributed by atoms with Crippen LogP contribution in [0.4, 0.5) is 21.2 Å². The smallest absolute Gasteiger partial charge is 0.425 e. The van der Waals surface area contributed by atoms with E-state index in [1.807, 2.05) is 0 Å². The molecule has 2 N–H and O–H groups in total. The Balaban J connectivity index is 0.000000499. The van der Waals surface area contributed by atoms with E-state index in [-0.39, 0.29) is 27.6 Å². The van der Waals surface area contributed by atoms with Gasteiger partial charge in [-0.05, 0) is 73.4 Å². The fourth-order valence-electron chi connectivity index (χ4n) is 2.24. The normalized spacial score (nSPS) is 10.9. The predicted molar refractivity (Wildman–Crippen MR) is 142 cm³/mol. The molecule has 2 heterocycles. The van der Waals surface area contributed by atoms with Gasteiger partial charge in [-0.2, -0.15) is 4.90 Å². The van der Waals surface area contributed by atoms with Crippen molar-refractivity contribution in [3.05, 3.63) is 33.0 Å². The Bertz CT molecular complexity index is 1170. The summed E-state index contributed by atoms with van der Waals surface area (Å²) in [6.07, 6.45) is 0.507. The topological polar surface area (TPSA) is 186 Å². The maximum Gasteiger partial charge on any atom is 0.425 e. The van der Waals surface area contributed by atoms with E-state index in [0.717, 1.165) is 7.11 Å². The first-order valence-electron chi connectivity index (χ1n) is 10.6. The highest BCUT2D eigenvalue weighted by molar-refractivity contribution is 9.10. The minimum absolute atomic E-state index is 0.0203. The molecule has 0 radical (unpaired) electrons. The number of esters is 2. The summed E-state index contributed by atoms with van der Waals surface area (Å²) in [7, 11) is 2.39. The average molecular weight is 664 g/mol. The van der Waals surface area contributed by atoms with E-state index < -0.39 is 35.3 Å². The van der Waals surface area contributed by atoms with Crippen LogP contribution < -0.4 is 10.6 Å². The molecular weight excluding hydrogens is 636 g/mol. The monoisotopic (exact) mass is 662 g/mol. The number of ether oxygens (including phenoxy) is 4. The van der Waals surface area contributed by atoms with Crippen LogP contribution in [0.1, 0.15) is 62.5 Å². The average Bonchev–Trinajstić information content (AvgIpc) is 2.78. The van der Waals surface area contributed by atoms with Gasteiger partial charge in [0.05, 0.1) is 26.6 Å². The molecule has 0 saturated carbocycles. The van der Waals surface area contributed by atoms with Crippen LogP contribution in [0.15, 0.2) is 21.6 Å². The van der Waals surface area contributed by atoms with Crippen molar-refractivity contribution in [3.63, 3.8) is 0 Å². The molecule has 0 unspecified atom stereocenters. The molecule has 0 aliphatic heterocycles. The van der Waals surface area contributed by atoms with Gasteiger partial charge < -0.3 is 24.7 Å².